The largest absolute Gasteiger partial charge is 1.00 e. The molecule has 4 aromatic rings. The summed E-state index contributed by atoms with van der Waals surface area (Å²) in [5.41, 5.74) is 6.65. The Kier molecular flexibility index (Phi) is 16.6. The molecule has 0 radical (unpaired) electrons. The van der Waals surface area contributed by atoms with E-state index in [1.807, 2.05) is 60.9 Å². The van der Waals surface area contributed by atoms with Gasteiger partial charge in [-0.25, -0.2) is 6.07 Å². The van der Waals surface area contributed by atoms with Gasteiger partial charge >= 0.3 is 29.6 Å². The van der Waals surface area contributed by atoms with E-state index < -0.39 is 0 Å². The molecule has 2 amide bonds. The van der Waals surface area contributed by atoms with Gasteiger partial charge in [0.1, 0.15) is 5.75 Å². The van der Waals surface area contributed by atoms with Crippen molar-refractivity contribution in [3.63, 3.8) is 0 Å². The van der Waals surface area contributed by atoms with Gasteiger partial charge in [0.05, 0.1) is 25.4 Å². The molecule has 6 aliphatic rings. The van der Waals surface area contributed by atoms with Gasteiger partial charge in [0.15, 0.2) is 0 Å². The first kappa shape index (κ1) is 45.2. The van der Waals surface area contributed by atoms with E-state index in [0.29, 0.717) is 60.3 Å². The molecule has 10 rings (SSSR count). The second kappa shape index (κ2) is 22.0. The second-order valence-corrected chi connectivity index (χ2v) is 16.6. The van der Waals surface area contributed by atoms with Crippen molar-refractivity contribution in [2.24, 2.45) is 5.41 Å². The van der Waals surface area contributed by atoms with E-state index >= 15 is 0 Å². The molecule has 2 atom stereocenters. The predicted molar refractivity (Wildman–Crippen MR) is 232 cm³/mol. The number of fused-ring (bicyclic) bond motifs is 4. The molecule has 4 saturated heterocycles. The summed E-state index contributed by atoms with van der Waals surface area (Å²) < 4.78 is 12.4. The van der Waals surface area contributed by atoms with Crippen LogP contribution >= 0.6 is 0 Å². The number of anilines is 2. The topological polar surface area (TPSA) is 112 Å². The molecule has 0 aromatic heterocycles. The number of nitrogens with zero attached hydrogens (tertiary/aromatic N) is 3. The van der Waals surface area contributed by atoms with Crippen molar-refractivity contribution in [1.82, 2.24) is 10.2 Å². The number of aromatic hydroxyl groups is 1. The Hall–Kier alpha value is -4.32. The molecule has 4 aromatic carbocycles. The van der Waals surface area contributed by atoms with E-state index in [0.717, 1.165) is 63.7 Å². The van der Waals surface area contributed by atoms with Gasteiger partial charge in [-0.1, -0.05) is 60.7 Å². The van der Waals surface area contributed by atoms with Crippen molar-refractivity contribution in [1.29, 1.82) is 0 Å². The average molecular weight is 822 g/mol. The van der Waals surface area contributed by atoms with Crippen LogP contribution in [0.4, 0.5) is 11.4 Å². The van der Waals surface area contributed by atoms with E-state index in [2.05, 4.69) is 57.3 Å². The SMILES string of the molecule is O=C1CCCC(=O)N1.Oc1ccc2c(c1)CCCC2.[CH2-]c1c([C-]=O)ccc2c1OCC1CN(CC3CC4(CCN(c5ccccc5)CC4)CO3)CCN21.[Na+].c1ccccc1. The number of ether oxygens (including phenoxy) is 2. The average Bonchev–Trinajstić information content (AvgIpc) is 3.66. The number of carbonyl (C=O) groups is 2. The van der Waals surface area contributed by atoms with Gasteiger partial charge < -0.3 is 29.2 Å². The number of aryl methyl sites for hydroxylation is 2. The van der Waals surface area contributed by atoms with E-state index in [9.17, 15) is 19.5 Å². The van der Waals surface area contributed by atoms with Crippen molar-refractivity contribution >= 4 is 29.5 Å². The van der Waals surface area contributed by atoms with Crippen LogP contribution in [-0.4, -0.2) is 92.7 Å². The van der Waals surface area contributed by atoms with Crippen molar-refractivity contribution in [2.45, 2.75) is 76.4 Å². The van der Waals surface area contributed by atoms with E-state index in [1.54, 1.807) is 12.1 Å². The fourth-order valence-electron chi connectivity index (χ4n) is 9.15. The summed E-state index contributed by atoms with van der Waals surface area (Å²) in [5.74, 6) is 0.876. The van der Waals surface area contributed by atoms with Gasteiger partial charge in [0.2, 0.25) is 11.8 Å². The number of rotatable bonds is 4. The van der Waals surface area contributed by atoms with Crippen molar-refractivity contribution in [3.8, 4) is 11.5 Å². The molecule has 2 N–H and O–H groups in total. The number of benzene rings is 4. The zero-order valence-corrected chi connectivity index (χ0v) is 37.2. The first-order chi connectivity index (χ1) is 28.8. The third-order valence-electron chi connectivity index (χ3n) is 12.4. The molecule has 1 aliphatic carbocycles. The van der Waals surface area contributed by atoms with E-state index in [-0.39, 0.29) is 41.4 Å². The number of para-hydroxylation sites is 1. The summed E-state index contributed by atoms with van der Waals surface area (Å²) in [6.45, 7) is 11.8. The molecule has 5 aliphatic heterocycles. The molecule has 5 heterocycles. The van der Waals surface area contributed by atoms with Crippen molar-refractivity contribution in [3.05, 3.63) is 126 Å². The molecule has 2 unspecified atom stereocenters. The summed E-state index contributed by atoms with van der Waals surface area (Å²) >= 11 is 0. The molecular weight excluding hydrogens is 764 g/mol. The van der Waals surface area contributed by atoms with Crippen molar-refractivity contribution in [2.75, 3.05) is 62.3 Å². The van der Waals surface area contributed by atoms with Crippen LogP contribution in [-0.2, 0) is 32.0 Å². The summed E-state index contributed by atoms with van der Waals surface area (Å²) in [6.07, 6.45) is 12.5. The second-order valence-electron chi connectivity index (χ2n) is 16.6. The van der Waals surface area contributed by atoms with Gasteiger partial charge in [-0.15, -0.1) is 6.07 Å². The van der Waals surface area contributed by atoms with Crippen LogP contribution in [0.2, 0.25) is 0 Å². The summed E-state index contributed by atoms with van der Waals surface area (Å²) in [6, 6.07) is 32.6. The first-order valence-corrected chi connectivity index (χ1v) is 21.3. The van der Waals surface area contributed by atoms with Gasteiger partial charge in [-0.2, -0.15) is 0 Å². The van der Waals surface area contributed by atoms with Crippen LogP contribution in [0.1, 0.15) is 73.6 Å². The number of amides is 2. The number of phenolic OH excluding ortho intramolecular Hbond substituents is 1. The van der Waals surface area contributed by atoms with Gasteiger partial charge in [-0.05, 0) is 110 Å². The third kappa shape index (κ3) is 11.9. The normalized spacial score (nSPS) is 21.3. The molecule has 10 nitrogen and oxygen atoms in total. The minimum absolute atomic E-state index is 0. The van der Waals surface area contributed by atoms with Crippen LogP contribution < -0.4 is 49.4 Å². The third-order valence-corrected chi connectivity index (χ3v) is 12.4. The van der Waals surface area contributed by atoms with Crippen LogP contribution in [0, 0.1) is 12.3 Å². The maximum absolute atomic E-state index is 11.1. The number of piperazine rings is 1. The van der Waals surface area contributed by atoms with Crippen molar-refractivity contribution < 1.29 is 58.5 Å². The zero-order chi connectivity index (χ0) is 41.0. The van der Waals surface area contributed by atoms with Crippen LogP contribution in [0.25, 0.3) is 0 Å². The standard InChI is InChI=1S/C28H33N3O3.C10H12O.C6H6.C5H7NO2.Na/c1-21-22(18-32)7-8-26-27(21)33-19-24-16-29(13-14-31(24)26)17-25-15-28(20-34-25)9-11-30(12-10-28)23-5-3-2-4-6-23;11-10-6-5-8-3-1-2-4-9(8)7-10;1-2-4-6-5-3-1;7-4-2-1-3-5(8)6-4;/h2-8,24-25H,1,9-17,19-20H2;5-7,11H,1-4H2;1-6H;1-3H2,(H,6,7,8);/q-2;;;;+1. The number of carbonyl (C=O) groups excluding carboxylic acids is 3. The molecule has 11 heteroatoms. The maximum Gasteiger partial charge on any atom is 1.00 e. The Labute approximate surface area is 377 Å². The van der Waals surface area contributed by atoms with Gasteiger partial charge in [0.25, 0.3) is 0 Å². The van der Waals surface area contributed by atoms with Crippen LogP contribution in [0.15, 0.2) is 97.1 Å². The number of imide groups is 1. The van der Waals surface area contributed by atoms with Crippen LogP contribution in [0.3, 0.4) is 0 Å². The summed E-state index contributed by atoms with van der Waals surface area (Å²) in [4.78, 5) is 39.3. The Morgan fingerprint density at radius 3 is 2.12 bits per heavy atom. The van der Waals surface area contributed by atoms with Crippen LogP contribution in [0.5, 0.6) is 11.5 Å². The predicted octanol–water partition coefficient (Wildman–Crippen LogP) is 4.06. The number of nitrogens with one attached hydrogen (secondary N) is 1. The Bertz CT molecular complexity index is 1970. The Morgan fingerprint density at radius 1 is 0.800 bits per heavy atom. The molecule has 60 heavy (non-hydrogen) atoms. The monoisotopic (exact) mass is 821 g/mol. The number of piperidine rings is 2. The molecule has 0 bridgehead atoms. The summed E-state index contributed by atoms with van der Waals surface area (Å²) in [7, 11) is 0. The summed E-state index contributed by atoms with van der Waals surface area (Å²) in [5, 5.41) is 11.4. The smallest absolute Gasteiger partial charge is 0.559 e. The molecule has 0 saturated carbocycles. The molecule has 4 fully saturated rings. The van der Waals surface area contributed by atoms with Gasteiger partial charge in [0, 0.05) is 57.8 Å². The zero-order valence-electron chi connectivity index (χ0n) is 35.2. The fraction of sp³-hybridized carbons (Fsp3) is 0.429. The first-order valence-electron chi connectivity index (χ1n) is 21.3. The Morgan fingerprint density at radius 2 is 1.47 bits per heavy atom. The maximum atomic E-state index is 11.1. The van der Waals surface area contributed by atoms with E-state index in [4.69, 9.17) is 9.47 Å². The van der Waals surface area contributed by atoms with Gasteiger partial charge in [-0.3, -0.25) is 37.9 Å². The Balaban J connectivity index is 0.000000187. The number of hydrogen-bond acceptors (Lipinski definition) is 9. The van der Waals surface area contributed by atoms with E-state index in [1.165, 1.54) is 55.3 Å². The quantitative estimate of drug-likeness (QED) is 0.179. The molecule has 1 spiro atoms. The number of hydrogen-bond donors (Lipinski definition) is 2. The number of phenols is 1. The minimum atomic E-state index is -0.138. The fourth-order valence-corrected chi connectivity index (χ4v) is 9.15. The molecule has 312 valence electrons. The molecular formula is C49H58N4NaO6-. The minimum Gasteiger partial charge on any atom is -0.559 e.